The van der Waals surface area contributed by atoms with E-state index in [1.165, 1.54) is 82.6 Å². The predicted molar refractivity (Wildman–Crippen MR) is 138 cm³/mol. The second kappa shape index (κ2) is 16.4. The molecule has 2 amide bonds. The number of halogens is 1. The second-order valence-corrected chi connectivity index (χ2v) is 9.24. The van der Waals surface area contributed by atoms with Crippen molar-refractivity contribution in [2.45, 2.75) is 76.2 Å². The Morgan fingerprint density at radius 2 is 1.65 bits per heavy atom. The number of nitrogens with two attached hydrogens (primary N) is 1. The molecule has 6 nitrogen and oxygen atoms in total. The van der Waals surface area contributed by atoms with Crippen molar-refractivity contribution in [1.82, 2.24) is 10.2 Å². The average Bonchev–Trinajstić information content (AvgIpc) is 2.86. The Hall–Kier alpha value is -2.25. The Morgan fingerprint density at radius 1 is 1.03 bits per heavy atom. The lowest BCUT2D eigenvalue weighted by molar-refractivity contribution is -0.133. The number of alkyl halides is 1. The average molecular weight is 475 g/mol. The molecule has 0 bridgehead atoms. The summed E-state index contributed by atoms with van der Waals surface area (Å²) in [5, 5.41) is 5.65. The van der Waals surface area contributed by atoms with Crippen LogP contribution in [0.4, 0.5) is 10.1 Å². The fourth-order valence-corrected chi connectivity index (χ4v) is 4.56. The fourth-order valence-electron chi connectivity index (χ4n) is 4.56. The maximum atomic E-state index is 11.9. The number of likely N-dealkylation sites (tertiary alicyclic amines) is 1. The number of allylic oxidation sites excluding steroid dienone is 1. The molecule has 0 aliphatic carbocycles. The molecule has 190 valence electrons. The Balaban J connectivity index is 0.000000945. The molecule has 2 heterocycles. The van der Waals surface area contributed by atoms with Crippen LogP contribution in [0.3, 0.4) is 0 Å². The highest BCUT2D eigenvalue weighted by molar-refractivity contribution is 6.01. The Kier molecular flexibility index (Phi) is 13.5. The van der Waals surface area contributed by atoms with Gasteiger partial charge in [-0.15, -0.1) is 6.58 Å². The number of unbranched alkanes of at least 4 members (excludes halogenated alkanes) is 5. The molecule has 2 fully saturated rings. The third-order valence-corrected chi connectivity index (χ3v) is 6.59. The largest absolute Gasteiger partial charge is 0.374 e. The van der Waals surface area contributed by atoms with Gasteiger partial charge in [0.25, 0.3) is 0 Å². The molecule has 0 spiro atoms. The zero-order chi connectivity index (χ0) is 24.6. The molecule has 34 heavy (non-hydrogen) atoms. The van der Waals surface area contributed by atoms with E-state index in [0.717, 1.165) is 12.2 Å². The molecule has 2 aliphatic heterocycles. The van der Waals surface area contributed by atoms with E-state index in [2.05, 4.69) is 46.4 Å². The van der Waals surface area contributed by atoms with Gasteiger partial charge >= 0.3 is 0 Å². The smallest absolute Gasteiger partial charge is 0.249 e. The summed E-state index contributed by atoms with van der Waals surface area (Å²) in [4.78, 5) is 25.8. The van der Waals surface area contributed by atoms with Crippen LogP contribution in [-0.4, -0.2) is 55.6 Å². The van der Waals surface area contributed by atoms with Crippen molar-refractivity contribution in [1.29, 1.82) is 0 Å². The van der Waals surface area contributed by atoms with Crippen LogP contribution >= 0.6 is 0 Å². The van der Waals surface area contributed by atoms with Crippen LogP contribution in [0.1, 0.15) is 75.7 Å². The molecule has 1 aromatic carbocycles. The number of amides is 2. The number of rotatable bonds is 12. The molecule has 1 aromatic rings. The van der Waals surface area contributed by atoms with Crippen molar-refractivity contribution < 1.29 is 14.0 Å². The monoisotopic (exact) mass is 474 g/mol. The highest BCUT2D eigenvalue weighted by Gasteiger charge is 2.26. The summed E-state index contributed by atoms with van der Waals surface area (Å²) in [5.41, 5.74) is 7.87. The number of nitrogens with zero attached hydrogens (tertiary/aromatic N) is 1. The summed E-state index contributed by atoms with van der Waals surface area (Å²) >= 11 is 0. The van der Waals surface area contributed by atoms with Crippen molar-refractivity contribution in [2.75, 3.05) is 38.2 Å². The molecule has 2 aliphatic rings. The standard InChI is InChI=1S/C24H38N4O2.C3H5F/c25-15-5-3-1-2-4-6-16-28-17-13-20(14-18-28)19-7-9-21(10-8-19)26-22-11-12-23(29)27-24(22)30;1-2-3-4/h7-10,20,22,26H,1-6,11-18,25H2,(H,27,29,30);2H,1,3H2. The van der Waals surface area contributed by atoms with E-state index in [-0.39, 0.29) is 17.9 Å². The van der Waals surface area contributed by atoms with Gasteiger partial charge in [0, 0.05) is 12.1 Å². The number of imide groups is 1. The Bertz CT molecular complexity index is 733. The lowest BCUT2D eigenvalue weighted by Gasteiger charge is -2.32. The number of carbonyl (C=O) groups is 2. The van der Waals surface area contributed by atoms with Crippen LogP contribution in [-0.2, 0) is 9.59 Å². The zero-order valence-corrected chi connectivity index (χ0v) is 20.6. The van der Waals surface area contributed by atoms with E-state index in [0.29, 0.717) is 18.8 Å². The van der Waals surface area contributed by atoms with E-state index in [4.69, 9.17) is 5.73 Å². The van der Waals surface area contributed by atoms with E-state index in [1.54, 1.807) is 0 Å². The summed E-state index contributed by atoms with van der Waals surface area (Å²) < 4.78 is 10.6. The van der Waals surface area contributed by atoms with Crippen molar-refractivity contribution >= 4 is 17.5 Å². The molecule has 4 N–H and O–H groups in total. The third kappa shape index (κ3) is 10.3. The summed E-state index contributed by atoms with van der Waals surface area (Å²) in [7, 11) is 0. The van der Waals surface area contributed by atoms with Gasteiger partial charge in [-0.2, -0.15) is 0 Å². The van der Waals surface area contributed by atoms with Crippen LogP contribution in [0.5, 0.6) is 0 Å². The van der Waals surface area contributed by atoms with Gasteiger partial charge in [0.05, 0.1) is 0 Å². The maximum absolute atomic E-state index is 11.9. The maximum Gasteiger partial charge on any atom is 0.249 e. The third-order valence-electron chi connectivity index (χ3n) is 6.59. The van der Waals surface area contributed by atoms with E-state index in [1.807, 2.05) is 0 Å². The van der Waals surface area contributed by atoms with Crippen LogP contribution in [0.15, 0.2) is 36.9 Å². The first kappa shape index (κ1) is 28.0. The summed E-state index contributed by atoms with van der Waals surface area (Å²) in [6.45, 7) is 7.13. The van der Waals surface area contributed by atoms with Crippen LogP contribution < -0.4 is 16.4 Å². The first-order valence-electron chi connectivity index (χ1n) is 12.9. The van der Waals surface area contributed by atoms with Crippen molar-refractivity contribution in [3.63, 3.8) is 0 Å². The second-order valence-electron chi connectivity index (χ2n) is 9.24. The number of hydrogen-bond donors (Lipinski definition) is 3. The molecule has 1 unspecified atom stereocenters. The number of piperidine rings is 2. The number of anilines is 1. The SMILES string of the molecule is C=CCF.NCCCCCCCCN1CCC(c2ccc(NC3CCC(=O)NC3=O)cc2)CC1. The van der Waals surface area contributed by atoms with Gasteiger partial charge in [-0.25, -0.2) is 4.39 Å². The van der Waals surface area contributed by atoms with E-state index >= 15 is 0 Å². The zero-order valence-electron chi connectivity index (χ0n) is 20.6. The summed E-state index contributed by atoms with van der Waals surface area (Å²) in [6.07, 6.45) is 12.4. The Labute approximate surface area is 204 Å². The molecule has 3 rings (SSSR count). The number of benzene rings is 1. The predicted octanol–water partition coefficient (Wildman–Crippen LogP) is 4.52. The van der Waals surface area contributed by atoms with Gasteiger partial charge in [0.2, 0.25) is 11.8 Å². The first-order chi connectivity index (χ1) is 16.6. The van der Waals surface area contributed by atoms with Gasteiger partial charge in [-0.1, -0.05) is 43.9 Å². The molecular weight excluding hydrogens is 431 g/mol. The number of hydrogen-bond acceptors (Lipinski definition) is 5. The lowest BCUT2D eigenvalue weighted by atomic mass is 9.89. The Morgan fingerprint density at radius 3 is 2.24 bits per heavy atom. The summed E-state index contributed by atoms with van der Waals surface area (Å²) in [5.74, 6) is 0.225. The minimum atomic E-state index is -0.417. The van der Waals surface area contributed by atoms with Gasteiger partial charge in [-0.3, -0.25) is 14.9 Å². The molecule has 0 radical (unpaired) electrons. The minimum Gasteiger partial charge on any atom is -0.374 e. The van der Waals surface area contributed by atoms with Gasteiger partial charge in [0.1, 0.15) is 12.7 Å². The summed E-state index contributed by atoms with van der Waals surface area (Å²) in [6, 6.07) is 8.19. The number of nitrogens with one attached hydrogen (secondary N) is 2. The van der Waals surface area contributed by atoms with Crippen LogP contribution in [0, 0.1) is 0 Å². The molecule has 0 saturated carbocycles. The lowest BCUT2D eigenvalue weighted by Crippen LogP contribution is -2.47. The van der Waals surface area contributed by atoms with Crippen molar-refractivity contribution in [3.8, 4) is 0 Å². The van der Waals surface area contributed by atoms with Gasteiger partial charge in [0.15, 0.2) is 0 Å². The van der Waals surface area contributed by atoms with Gasteiger partial charge in [-0.05, 0) is 81.9 Å². The van der Waals surface area contributed by atoms with E-state index in [9.17, 15) is 14.0 Å². The highest BCUT2D eigenvalue weighted by atomic mass is 19.1. The van der Waals surface area contributed by atoms with E-state index < -0.39 is 6.67 Å². The van der Waals surface area contributed by atoms with Crippen LogP contribution in [0.2, 0.25) is 0 Å². The van der Waals surface area contributed by atoms with Gasteiger partial charge < -0.3 is 16.0 Å². The van der Waals surface area contributed by atoms with Crippen molar-refractivity contribution in [2.24, 2.45) is 5.73 Å². The number of carbonyl (C=O) groups excluding carboxylic acids is 2. The minimum absolute atomic E-state index is 0.178. The fraction of sp³-hybridized carbons (Fsp3) is 0.630. The van der Waals surface area contributed by atoms with Crippen molar-refractivity contribution in [3.05, 3.63) is 42.5 Å². The molecule has 2 saturated heterocycles. The molecule has 0 aromatic heterocycles. The topological polar surface area (TPSA) is 87.5 Å². The quantitative estimate of drug-likeness (QED) is 0.235. The highest BCUT2D eigenvalue weighted by Crippen LogP contribution is 2.29. The molecule has 7 heteroatoms. The molecular formula is C27H43FN4O2. The normalized spacial score (nSPS) is 19.2. The molecule has 1 atom stereocenters. The first-order valence-corrected chi connectivity index (χ1v) is 12.9. The van der Waals surface area contributed by atoms with Crippen LogP contribution in [0.25, 0.3) is 0 Å².